The summed E-state index contributed by atoms with van der Waals surface area (Å²) in [4.78, 5) is 26.3. The Hall–Kier alpha value is -3.41. The lowest BCUT2D eigenvalue weighted by molar-refractivity contribution is 0.0743. The van der Waals surface area contributed by atoms with Gasteiger partial charge in [-0.2, -0.15) is 0 Å². The van der Waals surface area contributed by atoms with Gasteiger partial charge in [0.05, 0.1) is 0 Å². The maximum absolute atomic E-state index is 12.7. The third-order valence-corrected chi connectivity index (χ3v) is 4.96. The van der Waals surface area contributed by atoms with Crippen molar-refractivity contribution >= 4 is 11.8 Å². The van der Waals surface area contributed by atoms with Crippen LogP contribution in [0.1, 0.15) is 44.9 Å². The molecule has 0 aliphatic heterocycles. The highest BCUT2D eigenvalue weighted by atomic mass is 16.5. The van der Waals surface area contributed by atoms with E-state index in [2.05, 4.69) is 10.5 Å². The minimum Gasteiger partial charge on any atom is -0.350 e. The van der Waals surface area contributed by atoms with E-state index in [-0.39, 0.29) is 17.6 Å². The van der Waals surface area contributed by atoms with Crippen molar-refractivity contribution < 1.29 is 14.1 Å². The maximum Gasteiger partial charge on any atom is 0.292 e. The van der Waals surface area contributed by atoms with Gasteiger partial charge in [0.1, 0.15) is 5.69 Å². The molecule has 4 rings (SSSR count). The van der Waals surface area contributed by atoms with Crippen LogP contribution in [-0.4, -0.2) is 35.0 Å². The molecule has 0 radical (unpaired) electrons. The first-order chi connectivity index (χ1) is 14.0. The van der Waals surface area contributed by atoms with Crippen LogP contribution in [0, 0.1) is 6.92 Å². The molecule has 6 nitrogen and oxygen atoms in total. The van der Waals surface area contributed by atoms with Gasteiger partial charge < -0.3 is 14.7 Å². The highest BCUT2D eigenvalue weighted by Crippen LogP contribution is 2.21. The number of aryl methyl sites for hydroxylation is 1. The van der Waals surface area contributed by atoms with Gasteiger partial charge in [0.2, 0.25) is 5.76 Å². The van der Waals surface area contributed by atoms with Gasteiger partial charge in [-0.3, -0.25) is 9.59 Å². The number of nitrogens with zero attached hydrogens (tertiary/aromatic N) is 2. The molecular formula is C23H23N3O3. The fourth-order valence-corrected chi connectivity index (χ4v) is 3.03. The van der Waals surface area contributed by atoms with Gasteiger partial charge in [-0.25, -0.2) is 0 Å². The van der Waals surface area contributed by atoms with E-state index in [4.69, 9.17) is 4.52 Å². The second-order valence-corrected chi connectivity index (χ2v) is 7.55. The molecule has 0 saturated heterocycles. The monoisotopic (exact) mass is 389 g/mol. The third kappa shape index (κ3) is 4.54. The molecule has 148 valence electrons. The molecule has 29 heavy (non-hydrogen) atoms. The van der Waals surface area contributed by atoms with Crippen molar-refractivity contribution in [1.82, 2.24) is 15.4 Å². The first-order valence-electron chi connectivity index (χ1n) is 9.68. The van der Waals surface area contributed by atoms with E-state index in [1.165, 1.54) is 0 Å². The van der Waals surface area contributed by atoms with Crippen molar-refractivity contribution in [2.24, 2.45) is 0 Å². The Kier molecular flexibility index (Phi) is 5.16. The van der Waals surface area contributed by atoms with Crippen molar-refractivity contribution in [2.75, 3.05) is 7.05 Å². The quantitative estimate of drug-likeness (QED) is 0.696. The first-order valence-corrected chi connectivity index (χ1v) is 9.68. The normalized spacial score (nSPS) is 13.2. The predicted octanol–water partition coefficient (Wildman–Crippen LogP) is 3.81. The molecule has 1 aliphatic rings. The molecule has 2 aromatic carbocycles. The van der Waals surface area contributed by atoms with Gasteiger partial charge in [0.25, 0.3) is 11.8 Å². The van der Waals surface area contributed by atoms with E-state index in [0.29, 0.717) is 23.8 Å². The number of aromatic nitrogens is 1. The molecule has 0 atom stereocenters. The third-order valence-electron chi connectivity index (χ3n) is 4.96. The molecule has 1 aromatic heterocycles. The smallest absolute Gasteiger partial charge is 0.292 e. The summed E-state index contributed by atoms with van der Waals surface area (Å²) in [6.07, 6.45) is 2.12. The summed E-state index contributed by atoms with van der Waals surface area (Å²) in [6, 6.07) is 17.2. The first kappa shape index (κ1) is 18.9. The Bertz CT molecular complexity index is 1020. The van der Waals surface area contributed by atoms with Crippen LogP contribution in [0.3, 0.4) is 0 Å². The minimum atomic E-state index is -0.244. The number of rotatable bonds is 6. The van der Waals surface area contributed by atoms with Crippen molar-refractivity contribution in [3.05, 3.63) is 77.0 Å². The molecule has 2 amide bonds. The zero-order chi connectivity index (χ0) is 20.4. The van der Waals surface area contributed by atoms with E-state index in [1.807, 2.05) is 43.3 Å². The van der Waals surface area contributed by atoms with Gasteiger partial charge in [-0.1, -0.05) is 47.1 Å². The number of hydrogen-bond donors (Lipinski definition) is 1. The second-order valence-electron chi connectivity index (χ2n) is 7.55. The largest absolute Gasteiger partial charge is 0.350 e. The number of hydrogen-bond acceptors (Lipinski definition) is 4. The Morgan fingerprint density at radius 3 is 2.45 bits per heavy atom. The SMILES string of the molecule is Cc1ccc(-c2cc(C(=O)N(C)Cc3ccc(C(=O)NC4CC4)cc3)on2)cc1. The Morgan fingerprint density at radius 1 is 1.10 bits per heavy atom. The summed E-state index contributed by atoms with van der Waals surface area (Å²) in [5, 5.41) is 6.99. The zero-order valence-corrected chi connectivity index (χ0v) is 16.5. The predicted molar refractivity (Wildman–Crippen MR) is 109 cm³/mol. The molecule has 3 aromatic rings. The maximum atomic E-state index is 12.7. The van der Waals surface area contributed by atoms with Crippen LogP contribution in [0.15, 0.2) is 59.1 Å². The molecule has 0 bridgehead atoms. The lowest BCUT2D eigenvalue weighted by Crippen LogP contribution is -2.26. The van der Waals surface area contributed by atoms with E-state index in [9.17, 15) is 9.59 Å². The Morgan fingerprint density at radius 2 is 1.79 bits per heavy atom. The zero-order valence-electron chi connectivity index (χ0n) is 16.5. The lowest BCUT2D eigenvalue weighted by atomic mass is 10.1. The number of benzene rings is 2. The topological polar surface area (TPSA) is 75.4 Å². The number of carbonyl (C=O) groups is 2. The summed E-state index contributed by atoms with van der Waals surface area (Å²) >= 11 is 0. The van der Waals surface area contributed by atoms with Crippen LogP contribution in [0.4, 0.5) is 0 Å². The number of carbonyl (C=O) groups excluding carboxylic acids is 2. The molecule has 1 aliphatic carbocycles. The lowest BCUT2D eigenvalue weighted by Gasteiger charge is -2.15. The van der Waals surface area contributed by atoms with E-state index >= 15 is 0 Å². The summed E-state index contributed by atoms with van der Waals surface area (Å²) in [7, 11) is 1.71. The fourth-order valence-electron chi connectivity index (χ4n) is 3.03. The van der Waals surface area contributed by atoms with E-state index in [1.54, 1.807) is 30.1 Å². The van der Waals surface area contributed by atoms with Crippen molar-refractivity contribution in [3.63, 3.8) is 0 Å². The van der Waals surface area contributed by atoms with Crippen molar-refractivity contribution in [3.8, 4) is 11.3 Å². The standard InChI is InChI=1S/C23H23N3O3/c1-15-3-7-17(8-4-15)20-13-21(29-25-20)23(28)26(2)14-16-5-9-18(10-6-16)22(27)24-19-11-12-19/h3-10,13,19H,11-12,14H2,1-2H3,(H,24,27). The van der Waals surface area contributed by atoms with Crippen LogP contribution in [-0.2, 0) is 6.54 Å². The van der Waals surface area contributed by atoms with Crippen LogP contribution in [0.5, 0.6) is 0 Å². The molecule has 1 heterocycles. The Labute approximate surface area is 169 Å². The Balaban J connectivity index is 1.39. The summed E-state index contributed by atoms with van der Waals surface area (Å²) in [5.41, 5.74) is 4.26. The number of amides is 2. The molecule has 0 unspecified atom stereocenters. The van der Waals surface area contributed by atoms with Crippen LogP contribution in [0.25, 0.3) is 11.3 Å². The number of nitrogens with one attached hydrogen (secondary N) is 1. The molecule has 6 heteroatoms. The molecule has 1 N–H and O–H groups in total. The highest BCUT2D eigenvalue weighted by molar-refractivity contribution is 5.94. The van der Waals surface area contributed by atoms with Crippen LogP contribution >= 0.6 is 0 Å². The summed E-state index contributed by atoms with van der Waals surface area (Å²) in [5.74, 6) is -0.0938. The van der Waals surface area contributed by atoms with Crippen molar-refractivity contribution in [2.45, 2.75) is 32.4 Å². The van der Waals surface area contributed by atoms with Gasteiger partial charge >= 0.3 is 0 Å². The molecule has 1 saturated carbocycles. The average molecular weight is 389 g/mol. The fraction of sp³-hybridized carbons (Fsp3) is 0.261. The van der Waals surface area contributed by atoms with Gasteiger partial charge in [-0.05, 0) is 37.5 Å². The molecular weight excluding hydrogens is 366 g/mol. The van der Waals surface area contributed by atoms with Crippen molar-refractivity contribution in [1.29, 1.82) is 0 Å². The highest BCUT2D eigenvalue weighted by Gasteiger charge is 2.24. The van der Waals surface area contributed by atoms with Gasteiger partial charge in [0, 0.05) is 36.8 Å². The minimum absolute atomic E-state index is 0.0474. The van der Waals surface area contributed by atoms with Crippen LogP contribution < -0.4 is 5.32 Å². The summed E-state index contributed by atoms with van der Waals surface area (Å²) < 4.78 is 5.27. The van der Waals surface area contributed by atoms with Gasteiger partial charge in [-0.15, -0.1) is 0 Å². The molecule has 0 spiro atoms. The van der Waals surface area contributed by atoms with E-state index < -0.39 is 0 Å². The molecule has 1 fully saturated rings. The van der Waals surface area contributed by atoms with Gasteiger partial charge in [0.15, 0.2) is 0 Å². The van der Waals surface area contributed by atoms with Crippen LogP contribution in [0.2, 0.25) is 0 Å². The summed E-state index contributed by atoms with van der Waals surface area (Å²) in [6.45, 7) is 2.42. The van der Waals surface area contributed by atoms with E-state index in [0.717, 1.165) is 29.5 Å². The average Bonchev–Trinajstić information content (AvgIpc) is 3.40. The second kappa shape index (κ2) is 7.91.